The smallest absolute Gasteiger partial charge is 0.262 e. The van der Waals surface area contributed by atoms with Crippen LogP contribution in [0, 0.1) is 13.8 Å². The fourth-order valence-corrected chi connectivity index (χ4v) is 3.49. The minimum atomic E-state index is -0.349. The molecule has 4 heteroatoms. The maximum Gasteiger partial charge on any atom is 0.262 e. The number of nitrogens with one attached hydrogen (secondary N) is 1. The van der Waals surface area contributed by atoms with E-state index in [9.17, 15) is 9.90 Å². The van der Waals surface area contributed by atoms with E-state index in [0.29, 0.717) is 11.3 Å². The summed E-state index contributed by atoms with van der Waals surface area (Å²) in [5, 5.41) is 13.6. The molecule has 4 nitrogen and oxygen atoms in total. The first-order chi connectivity index (χ1) is 12.6. The van der Waals surface area contributed by atoms with Gasteiger partial charge in [-0.05, 0) is 66.9 Å². The van der Waals surface area contributed by atoms with E-state index in [0.717, 1.165) is 28.1 Å². The molecule has 1 atom stereocenters. The first-order valence-electron chi connectivity index (χ1n) is 8.60. The summed E-state index contributed by atoms with van der Waals surface area (Å²) >= 11 is 0. The average molecular weight is 344 g/mol. The third kappa shape index (κ3) is 2.60. The van der Waals surface area contributed by atoms with Gasteiger partial charge in [0.15, 0.2) is 0 Å². The van der Waals surface area contributed by atoms with Crippen molar-refractivity contribution in [2.75, 3.05) is 10.2 Å². The van der Waals surface area contributed by atoms with Crippen LogP contribution in [0.1, 0.15) is 33.2 Å². The Labute approximate surface area is 152 Å². The minimum absolute atomic E-state index is 0.0427. The first-order valence-corrected chi connectivity index (χ1v) is 8.60. The number of aromatic hydroxyl groups is 1. The number of hydrogen-bond donors (Lipinski definition) is 2. The molecule has 0 aromatic heterocycles. The lowest BCUT2D eigenvalue weighted by molar-refractivity contribution is 0.0975. The molecule has 4 rings (SSSR count). The van der Waals surface area contributed by atoms with E-state index in [1.54, 1.807) is 4.90 Å². The Balaban J connectivity index is 1.89. The van der Waals surface area contributed by atoms with E-state index >= 15 is 0 Å². The van der Waals surface area contributed by atoms with Crippen LogP contribution in [0.2, 0.25) is 0 Å². The molecule has 0 bridgehead atoms. The summed E-state index contributed by atoms with van der Waals surface area (Å²) < 4.78 is 0. The van der Waals surface area contributed by atoms with Gasteiger partial charge in [-0.1, -0.05) is 30.3 Å². The average Bonchev–Trinajstić information content (AvgIpc) is 2.66. The van der Waals surface area contributed by atoms with Crippen LogP contribution in [-0.4, -0.2) is 11.0 Å². The SMILES string of the molecule is Cc1cc(C2Nc3ccccc3C(=O)N2c2ccccc2)cc(C)c1O. The molecule has 2 N–H and O–H groups in total. The summed E-state index contributed by atoms with van der Waals surface area (Å²) in [5.74, 6) is 0.251. The summed E-state index contributed by atoms with van der Waals surface area (Å²) in [5.41, 5.74) is 4.82. The normalized spacial score (nSPS) is 16.2. The maximum atomic E-state index is 13.3. The predicted octanol–water partition coefficient (Wildman–Crippen LogP) is 4.78. The number of fused-ring (bicyclic) bond motifs is 1. The van der Waals surface area contributed by atoms with E-state index in [1.165, 1.54) is 0 Å². The fraction of sp³-hybridized carbons (Fsp3) is 0.136. The highest BCUT2D eigenvalue weighted by molar-refractivity contribution is 6.12. The lowest BCUT2D eigenvalue weighted by Gasteiger charge is -2.38. The Morgan fingerprint density at radius 2 is 1.54 bits per heavy atom. The van der Waals surface area contributed by atoms with E-state index in [-0.39, 0.29) is 12.1 Å². The Morgan fingerprint density at radius 3 is 2.23 bits per heavy atom. The zero-order chi connectivity index (χ0) is 18.3. The van der Waals surface area contributed by atoms with E-state index in [2.05, 4.69) is 5.32 Å². The molecule has 1 aliphatic heterocycles. The number of carbonyl (C=O) groups is 1. The summed E-state index contributed by atoms with van der Waals surface area (Å²) in [4.78, 5) is 15.0. The van der Waals surface area contributed by atoms with Gasteiger partial charge in [-0.2, -0.15) is 0 Å². The molecule has 3 aromatic rings. The molecule has 1 unspecified atom stereocenters. The number of para-hydroxylation sites is 2. The van der Waals surface area contributed by atoms with Crippen molar-refractivity contribution in [3.05, 3.63) is 89.0 Å². The predicted molar refractivity (Wildman–Crippen MR) is 104 cm³/mol. The van der Waals surface area contributed by atoms with Crippen LogP contribution >= 0.6 is 0 Å². The molecule has 0 radical (unpaired) electrons. The zero-order valence-electron chi connectivity index (χ0n) is 14.7. The number of carbonyl (C=O) groups excluding carboxylic acids is 1. The van der Waals surface area contributed by atoms with Gasteiger partial charge in [0.2, 0.25) is 0 Å². The van der Waals surface area contributed by atoms with Gasteiger partial charge in [0, 0.05) is 11.4 Å². The van der Waals surface area contributed by atoms with Crippen LogP contribution in [0.15, 0.2) is 66.7 Å². The van der Waals surface area contributed by atoms with Gasteiger partial charge in [0.05, 0.1) is 5.56 Å². The monoisotopic (exact) mass is 344 g/mol. The van der Waals surface area contributed by atoms with Gasteiger partial charge in [-0.15, -0.1) is 0 Å². The number of benzene rings is 3. The second-order valence-electron chi connectivity index (χ2n) is 6.61. The Bertz CT molecular complexity index is 959. The number of nitrogens with zero attached hydrogens (tertiary/aromatic N) is 1. The number of hydrogen-bond acceptors (Lipinski definition) is 3. The van der Waals surface area contributed by atoms with Crippen LogP contribution in [0.5, 0.6) is 5.75 Å². The Morgan fingerprint density at radius 1 is 0.923 bits per heavy atom. The molecule has 0 saturated carbocycles. The number of phenols is 1. The van der Waals surface area contributed by atoms with Gasteiger partial charge in [-0.25, -0.2) is 0 Å². The third-order valence-electron chi connectivity index (χ3n) is 4.79. The Kier molecular flexibility index (Phi) is 3.88. The van der Waals surface area contributed by atoms with E-state index in [1.807, 2.05) is 80.6 Å². The second-order valence-corrected chi connectivity index (χ2v) is 6.61. The highest BCUT2D eigenvalue weighted by Crippen LogP contribution is 2.38. The Hall–Kier alpha value is -3.27. The van der Waals surface area contributed by atoms with Gasteiger partial charge < -0.3 is 10.4 Å². The number of amides is 1. The molecule has 1 aliphatic rings. The van der Waals surface area contributed by atoms with Crippen molar-refractivity contribution in [1.29, 1.82) is 0 Å². The third-order valence-corrected chi connectivity index (χ3v) is 4.79. The summed E-state index contributed by atoms with van der Waals surface area (Å²) in [6, 6.07) is 21.0. The number of aryl methyl sites for hydroxylation is 2. The van der Waals surface area contributed by atoms with Crippen LogP contribution in [0.4, 0.5) is 11.4 Å². The fourth-order valence-electron chi connectivity index (χ4n) is 3.49. The first kappa shape index (κ1) is 16.2. The van der Waals surface area contributed by atoms with Crippen molar-refractivity contribution >= 4 is 17.3 Å². The summed E-state index contributed by atoms with van der Waals surface area (Å²) in [6.07, 6.45) is -0.349. The van der Waals surface area contributed by atoms with Crippen molar-refractivity contribution in [3.63, 3.8) is 0 Å². The molecular formula is C22H20N2O2. The number of rotatable bonds is 2. The van der Waals surface area contributed by atoms with Gasteiger partial charge in [0.1, 0.15) is 11.9 Å². The molecule has 0 fully saturated rings. The molecule has 3 aromatic carbocycles. The van der Waals surface area contributed by atoms with Crippen LogP contribution in [0.25, 0.3) is 0 Å². The summed E-state index contributed by atoms with van der Waals surface area (Å²) in [7, 11) is 0. The largest absolute Gasteiger partial charge is 0.507 e. The highest BCUT2D eigenvalue weighted by Gasteiger charge is 2.34. The number of phenolic OH excluding ortho intramolecular Hbond substituents is 1. The molecule has 0 aliphatic carbocycles. The second kappa shape index (κ2) is 6.23. The van der Waals surface area contributed by atoms with Gasteiger partial charge in [0.25, 0.3) is 5.91 Å². The molecule has 130 valence electrons. The van der Waals surface area contributed by atoms with E-state index in [4.69, 9.17) is 0 Å². The lowest BCUT2D eigenvalue weighted by atomic mass is 9.99. The van der Waals surface area contributed by atoms with Crippen LogP contribution < -0.4 is 10.2 Å². The summed E-state index contributed by atoms with van der Waals surface area (Å²) in [6.45, 7) is 3.74. The molecule has 1 heterocycles. The number of anilines is 2. The van der Waals surface area contributed by atoms with E-state index < -0.39 is 0 Å². The van der Waals surface area contributed by atoms with Gasteiger partial charge in [-0.3, -0.25) is 9.69 Å². The van der Waals surface area contributed by atoms with Crippen molar-refractivity contribution in [3.8, 4) is 5.75 Å². The standard InChI is InChI=1S/C22H20N2O2/c1-14-12-16(13-15(2)20(14)25)21-23-19-11-7-6-10-18(19)22(26)24(21)17-8-4-3-5-9-17/h3-13,21,23,25H,1-2H3. The van der Waals surface area contributed by atoms with Gasteiger partial charge >= 0.3 is 0 Å². The van der Waals surface area contributed by atoms with Crippen molar-refractivity contribution < 1.29 is 9.90 Å². The maximum absolute atomic E-state index is 13.3. The van der Waals surface area contributed by atoms with Crippen molar-refractivity contribution in [2.24, 2.45) is 0 Å². The van der Waals surface area contributed by atoms with Crippen molar-refractivity contribution in [1.82, 2.24) is 0 Å². The lowest BCUT2D eigenvalue weighted by Crippen LogP contribution is -2.43. The molecule has 0 saturated heterocycles. The molecule has 1 amide bonds. The molecule has 26 heavy (non-hydrogen) atoms. The highest BCUT2D eigenvalue weighted by atomic mass is 16.3. The van der Waals surface area contributed by atoms with Crippen LogP contribution in [-0.2, 0) is 0 Å². The minimum Gasteiger partial charge on any atom is -0.507 e. The van der Waals surface area contributed by atoms with Crippen LogP contribution in [0.3, 0.4) is 0 Å². The zero-order valence-corrected chi connectivity index (χ0v) is 14.7. The molecule has 0 spiro atoms. The quantitative estimate of drug-likeness (QED) is 0.703. The molecular weight excluding hydrogens is 324 g/mol. The van der Waals surface area contributed by atoms with Crippen molar-refractivity contribution in [2.45, 2.75) is 20.0 Å². The topological polar surface area (TPSA) is 52.6 Å².